The fraction of sp³-hybridized carbons (Fsp3) is 0.333. The average molecular weight is 326 g/mol. The van der Waals surface area contributed by atoms with Crippen molar-refractivity contribution in [2.24, 2.45) is 0 Å². The van der Waals surface area contributed by atoms with Gasteiger partial charge in [0.2, 0.25) is 10.0 Å². The summed E-state index contributed by atoms with van der Waals surface area (Å²) in [5, 5.41) is 0.303. The van der Waals surface area contributed by atoms with Crippen molar-refractivity contribution in [2.45, 2.75) is 23.8 Å². The van der Waals surface area contributed by atoms with Gasteiger partial charge in [-0.25, -0.2) is 13.1 Å². The normalized spacial score (nSPS) is 16.4. The lowest BCUT2D eigenvalue weighted by Crippen LogP contribution is -2.26. The van der Waals surface area contributed by atoms with Crippen LogP contribution < -0.4 is 10.5 Å². The van der Waals surface area contributed by atoms with Crippen molar-refractivity contribution in [3.8, 4) is 0 Å². The number of nitrogens with two attached hydrogens (primary N) is 1. The summed E-state index contributed by atoms with van der Waals surface area (Å²) in [6.07, 6.45) is 1.76. The van der Waals surface area contributed by atoms with Crippen molar-refractivity contribution in [1.29, 1.82) is 0 Å². The lowest BCUT2D eigenvalue weighted by atomic mass is 10.3. The molecular formula is C9H10BrClN2O2S. The molecule has 0 bridgehead atoms. The summed E-state index contributed by atoms with van der Waals surface area (Å²) in [4.78, 5) is 0.0874. The zero-order valence-electron chi connectivity index (χ0n) is 8.20. The smallest absolute Gasteiger partial charge is 0.242 e. The van der Waals surface area contributed by atoms with E-state index in [2.05, 4.69) is 20.7 Å². The molecule has 0 saturated heterocycles. The zero-order chi connectivity index (χ0) is 11.9. The fourth-order valence-electron chi connectivity index (χ4n) is 1.26. The molecule has 3 N–H and O–H groups in total. The monoisotopic (exact) mass is 324 g/mol. The number of hydrogen-bond donors (Lipinski definition) is 2. The molecule has 0 heterocycles. The van der Waals surface area contributed by atoms with Crippen LogP contribution in [0.15, 0.2) is 21.5 Å². The van der Waals surface area contributed by atoms with E-state index < -0.39 is 10.0 Å². The highest BCUT2D eigenvalue weighted by molar-refractivity contribution is 9.10. The molecule has 1 aromatic carbocycles. The number of benzene rings is 1. The number of rotatable bonds is 3. The van der Waals surface area contributed by atoms with Gasteiger partial charge in [0, 0.05) is 16.8 Å². The summed E-state index contributed by atoms with van der Waals surface area (Å²) >= 11 is 8.94. The van der Waals surface area contributed by atoms with Gasteiger partial charge in [0.1, 0.15) is 0 Å². The van der Waals surface area contributed by atoms with E-state index in [1.807, 2.05) is 0 Å². The highest BCUT2D eigenvalue weighted by Gasteiger charge is 2.29. The molecule has 0 spiro atoms. The van der Waals surface area contributed by atoms with Crippen molar-refractivity contribution in [3.05, 3.63) is 21.6 Å². The third-order valence-electron chi connectivity index (χ3n) is 2.22. The molecule has 0 radical (unpaired) electrons. The predicted octanol–water partition coefficient (Wildman–Crippen LogP) is 2.13. The Morgan fingerprint density at radius 1 is 1.44 bits per heavy atom. The highest BCUT2D eigenvalue weighted by atomic mass is 79.9. The molecule has 0 aliphatic heterocycles. The van der Waals surface area contributed by atoms with Crippen LogP contribution in [-0.4, -0.2) is 14.5 Å². The van der Waals surface area contributed by atoms with E-state index in [-0.39, 0.29) is 10.9 Å². The second-order valence-corrected chi connectivity index (χ2v) is 6.61. The third kappa shape index (κ3) is 2.51. The summed E-state index contributed by atoms with van der Waals surface area (Å²) in [5.74, 6) is 0. The van der Waals surface area contributed by atoms with E-state index in [9.17, 15) is 8.42 Å². The summed E-state index contributed by atoms with van der Waals surface area (Å²) in [7, 11) is -3.53. The second kappa shape index (κ2) is 4.18. The summed E-state index contributed by atoms with van der Waals surface area (Å²) in [6, 6.07) is 2.94. The van der Waals surface area contributed by atoms with Gasteiger partial charge >= 0.3 is 0 Å². The molecule has 0 atom stereocenters. The Labute approximate surface area is 107 Å². The van der Waals surface area contributed by atoms with Gasteiger partial charge in [-0.15, -0.1) is 0 Å². The molecule has 4 nitrogen and oxygen atoms in total. The van der Waals surface area contributed by atoms with Crippen molar-refractivity contribution >= 4 is 43.2 Å². The molecule has 1 aromatic rings. The summed E-state index contributed by atoms with van der Waals surface area (Å²) in [6.45, 7) is 0. The standard InChI is InChI=1S/C9H10BrClN2O2S/c10-9-7(12)3-5(11)4-8(9)16(14,15)13-6-1-2-6/h3-4,6,13H,1-2,12H2. The number of hydrogen-bond acceptors (Lipinski definition) is 3. The van der Waals surface area contributed by atoms with Crippen LogP contribution in [0.5, 0.6) is 0 Å². The van der Waals surface area contributed by atoms with Gasteiger partial charge in [-0.05, 0) is 40.9 Å². The van der Waals surface area contributed by atoms with Crippen LogP contribution >= 0.6 is 27.5 Å². The Bertz CT molecular complexity index is 529. The second-order valence-electron chi connectivity index (χ2n) is 3.70. The topological polar surface area (TPSA) is 72.2 Å². The van der Waals surface area contributed by atoms with Crippen LogP contribution in [0.25, 0.3) is 0 Å². The molecule has 16 heavy (non-hydrogen) atoms. The van der Waals surface area contributed by atoms with Crippen LogP contribution in [0.1, 0.15) is 12.8 Å². The number of nitrogens with one attached hydrogen (secondary N) is 1. The summed E-state index contributed by atoms with van der Waals surface area (Å²) < 4.78 is 26.8. The van der Waals surface area contributed by atoms with Gasteiger partial charge in [0.15, 0.2) is 0 Å². The third-order valence-corrected chi connectivity index (χ3v) is 5.13. The number of halogens is 2. The minimum absolute atomic E-state index is 0.0529. The zero-order valence-corrected chi connectivity index (χ0v) is 11.4. The molecule has 1 fully saturated rings. The first-order valence-corrected chi connectivity index (χ1v) is 7.32. The first-order chi connectivity index (χ1) is 7.40. The molecule has 1 aliphatic rings. The minimum atomic E-state index is -3.53. The van der Waals surface area contributed by atoms with E-state index in [4.69, 9.17) is 17.3 Å². The maximum atomic E-state index is 12.0. The van der Waals surface area contributed by atoms with Crippen molar-refractivity contribution in [2.75, 3.05) is 5.73 Å². The molecule has 0 aromatic heterocycles. The first-order valence-electron chi connectivity index (χ1n) is 4.67. The lowest BCUT2D eigenvalue weighted by Gasteiger charge is -2.09. The largest absolute Gasteiger partial charge is 0.398 e. The Balaban J connectivity index is 2.45. The molecule has 2 rings (SSSR count). The molecule has 0 amide bonds. The molecule has 1 saturated carbocycles. The summed E-state index contributed by atoms with van der Waals surface area (Å²) in [5.41, 5.74) is 5.95. The maximum Gasteiger partial charge on any atom is 0.242 e. The van der Waals surface area contributed by atoms with Gasteiger partial charge in [0.25, 0.3) is 0 Å². The van der Waals surface area contributed by atoms with Crippen LogP contribution in [0, 0.1) is 0 Å². The fourth-order valence-corrected chi connectivity index (χ4v) is 3.86. The maximum absolute atomic E-state index is 12.0. The Morgan fingerprint density at radius 3 is 2.62 bits per heavy atom. The van der Waals surface area contributed by atoms with Gasteiger partial charge in [-0.2, -0.15) is 0 Å². The van der Waals surface area contributed by atoms with Crippen molar-refractivity contribution < 1.29 is 8.42 Å². The van der Waals surface area contributed by atoms with E-state index in [0.29, 0.717) is 15.2 Å². The molecule has 88 valence electrons. The molecule has 1 aliphatic carbocycles. The van der Waals surface area contributed by atoms with Crippen molar-refractivity contribution in [3.63, 3.8) is 0 Å². The molecular weight excluding hydrogens is 316 g/mol. The van der Waals surface area contributed by atoms with Crippen molar-refractivity contribution in [1.82, 2.24) is 4.72 Å². The van der Waals surface area contributed by atoms with Crippen LogP contribution in [-0.2, 0) is 10.0 Å². The molecule has 7 heteroatoms. The first kappa shape index (κ1) is 12.2. The van der Waals surface area contributed by atoms with Gasteiger partial charge < -0.3 is 5.73 Å². The molecule has 0 unspecified atom stereocenters. The van der Waals surface area contributed by atoms with Gasteiger partial charge in [0.05, 0.1) is 9.37 Å². The van der Waals surface area contributed by atoms with Crippen LogP contribution in [0.2, 0.25) is 5.02 Å². The van der Waals surface area contributed by atoms with Crippen LogP contribution in [0.3, 0.4) is 0 Å². The van der Waals surface area contributed by atoms with E-state index in [1.165, 1.54) is 12.1 Å². The lowest BCUT2D eigenvalue weighted by molar-refractivity contribution is 0.580. The average Bonchev–Trinajstić information content (AvgIpc) is 2.94. The quantitative estimate of drug-likeness (QED) is 0.836. The van der Waals surface area contributed by atoms with Crippen LogP contribution in [0.4, 0.5) is 5.69 Å². The van der Waals surface area contributed by atoms with E-state index >= 15 is 0 Å². The number of sulfonamides is 1. The predicted molar refractivity (Wildman–Crippen MR) is 66.9 cm³/mol. The van der Waals surface area contributed by atoms with E-state index in [0.717, 1.165) is 12.8 Å². The van der Waals surface area contributed by atoms with E-state index in [1.54, 1.807) is 0 Å². The minimum Gasteiger partial charge on any atom is -0.398 e. The Kier molecular flexibility index (Phi) is 3.18. The van der Waals surface area contributed by atoms with Gasteiger partial charge in [-0.1, -0.05) is 11.6 Å². The number of nitrogen functional groups attached to an aromatic ring is 1. The number of anilines is 1. The Hall–Kier alpha value is -0.300. The highest BCUT2D eigenvalue weighted by Crippen LogP contribution is 2.32. The Morgan fingerprint density at radius 2 is 2.06 bits per heavy atom. The SMILES string of the molecule is Nc1cc(Cl)cc(S(=O)(=O)NC2CC2)c1Br. The van der Waals surface area contributed by atoms with Gasteiger partial charge in [-0.3, -0.25) is 0 Å².